The standard InChI is InChI=1S/C20H19N3O3/c1-13-11-17(14(2)23(13)16-7-5-4-6-8-16)19(24)15(3)26-20(25)18-12-21-9-10-22-18/h4-12,15H,1-3H3/t15-/m0/s1. The number of ether oxygens (including phenoxy) is 1. The topological polar surface area (TPSA) is 74.1 Å². The highest BCUT2D eigenvalue weighted by molar-refractivity contribution is 6.02. The molecule has 6 nitrogen and oxygen atoms in total. The van der Waals surface area contributed by atoms with E-state index in [0.717, 1.165) is 17.1 Å². The van der Waals surface area contributed by atoms with Crippen LogP contribution in [0.25, 0.3) is 5.69 Å². The third-order valence-electron chi connectivity index (χ3n) is 4.14. The van der Waals surface area contributed by atoms with Gasteiger partial charge >= 0.3 is 5.97 Å². The SMILES string of the molecule is Cc1cc(C(=O)[C@H](C)OC(=O)c2cnccn2)c(C)n1-c1ccccc1. The van der Waals surface area contributed by atoms with Crippen LogP contribution in [0.15, 0.2) is 55.0 Å². The molecule has 0 spiro atoms. The van der Waals surface area contributed by atoms with Gasteiger partial charge in [0, 0.05) is 35.0 Å². The molecule has 26 heavy (non-hydrogen) atoms. The zero-order valence-corrected chi connectivity index (χ0v) is 14.8. The Bertz CT molecular complexity index is 934. The van der Waals surface area contributed by atoms with Crippen LogP contribution in [0.1, 0.15) is 39.2 Å². The molecule has 0 aliphatic rings. The maximum Gasteiger partial charge on any atom is 0.359 e. The van der Waals surface area contributed by atoms with E-state index in [-0.39, 0.29) is 11.5 Å². The van der Waals surface area contributed by atoms with Crippen LogP contribution < -0.4 is 0 Å². The molecule has 0 N–H and O–H groups in total. The molecule has 3 rings (SSSR count). The molecule has 6 heteroatoms. The zero-order valence-electron chi connectivity index (χ0n) is 14.8. The van der Waals surface area contributed by atoms with Crippen molar-refractivity contribution in [3.8, 4) is 5.69 Å². The molecule has 0 unspecified atom stereocenters. The smallest absolute Gasteiger partial charge is 0.359 e. The molecule has 1 aromatic carbocycles. The second-order valence-corrected chi connectivity index (χ2v) is 5.96. The van der Waals surface area contributed by atoms with Gasteiger partial charge in [0.2, 0.25) is 5.78 Å². The van der Waals surface area contributed by atoms with Crippen LogP contribution in [0.4, 0.5) is 0 Å². The lowest BCUT2D eigenvalue weighted by molar-refractivity contribution is 0.0312. The van der Waals surface area contributed by atoms with Gasteiger partial charge in [0.05, 0.1) is 6.20 Å². The maximum atomic E-state index is 12.8. The largest absolute Gasteiger partial charge is 0.449 e. The van der Waals surface area contributed by atoms with E-state index >= 15 is 0 Å². The Morgan fingerprint density at radius 2 is 1.85 bits per heavy atom. The molecule has 0 radical (unpaired) electrons. The van der Waals surface area contributed by atoms with E-state index in [1.54, 1.807) is 6.92 Å². The molecule has 3 aromatic rings. The average Bonchev–Trinajstić information content (AvgIpc) is 2.96. The zero-order chi connectivity index (χ0) is 18.7. The summed E-state index contributed by atoms with van der Waals surface area (Å²) < 4.78 is 7.27. The number of rotatable bonds is 5. The minimum Gasteiger partial charge on any atom is -0.449 e. The van der Waals surface area contributed by atoms with Crippen molar-refractivity contribution < 1.29 is 14.3 Å². The number of hydrogen-bond acceptors (Lipinski definition) is 5. The lowest BCUT2D eigenvalue weighted by atomic mass is 10.1. The van der Waals surface area contributed by atoms with Crippen LogP contribution in [0.3, 0.4) is 0 Å². The number of Topliss-reactive ketones (excluding diaryl/α,β-unsaturated/α-hetero) is 1. The number of hydrogen-bond donors (Lipinski definition) is 0. The molecule has 0 fully saturated rings. The number of nitrogens with zero attached hydrogens (tertiary/aromatic N) is 3. The van der Waals surface area contributed by atoms with Crippen molar-refractivity contribution in [1.82, 2.24) is 14.5 Å². The average molecular weight is 349 g/mol. The van der Waals surface area contributed by atoms with E-state index in [4.69, 9.17) is 4.74 Å². The molecule has 0 bridgehead atoms. The summed E-state index contributed by atoms with van der Waals surface area (Å²) in [6.45, 7) is 5.38. The van der Waals surface area contributed by atoms with Crippen molar-refractivity contribution >= 4 is 11.8 Å². The second kappa shape index (κ2) is 7.31. The molecule has 0 saturated heterocycles. The molecular formula is C20H19N3O3. The predicted molar refractivity (Wildman–Crippen MR) is 96.5 cm³/mol. The highest BCUT2D eigenvalue weighted by Gasteiger charge is 2.25. The van der Waals surface area contributed by atoms with E-state index in [0.29, 0.717) is 5.56 Å². The van der Waals surface area contributed by atoms with Crippen LogP contribution in [0.2, 0.25) is 0 Å². The van der Waals surface area contributed by atoms with Crippen molar-refractivity contribution in [3.05, 3.63) is 77.6 Å². The van der Waals surface area contributed by atoms with Gasteiger partial charge in [-0.25, -0.2) is 9.78 Å². The van der Waals surface area contributed by atoms with Crippen LogP contribution in [0.5, 0.6) is 0 Å². The number of ketones is 1. The van der Waals surface area contributed by atoms with Gasteiger partial charge < -0.3 is 9.30 Å². The van der Waals surface area contributed by atoms with Crippen LogP contribution >= 0.6 is 0 Å². The fourth-order valence-electron chi connectivity index (χ4n) is 2.88. The van der Waals surface area contributed by atoms with Crippen molar-refractivity contribution in [2.24, 2.45) is 0 Å². The number of benzene rings is 1. The maximum absolute atomic E-state index is 12.8. The predicted octanol–water partition coefficient (Wildman–Crippen LogP) is 3.31. The van der Waals surface area contributed by atoms with Gasteiger partial charge in [-0.05, 0) is 39.0 Å². The quantitative estimate of drug-likeness (QED) is 0.522. The highest BCUT2D eigenvalue weighted by atomic mass is 16.5. The number of esters is 1. The minimum atomic E-state index is -0.922. The number of aromatic nitrogens is 3. The molecule has 2 heterocycles. The number of carbonyl (C=O) groups excluding carboxylic acids is 2. The summed E-state index contributed by atoms with van der Waals surface area (Å²) in [4.78, 5) is 32.6. The lowest BCUT2D eigenvalue weighted by Gasteiger charge is -2.13. The first kappa shape index (κ1) is 17.5. The van der Waals surface area contributed by atoms with Crippen molar-refractivity contribution in [2.75, 3.05) is 0 Å². The second-order valence-electron chi connectivity index (χ2n) is 5.96. The summed E-state index contributed by atoms with van der Waals surface area (Å²) in [5.74, 6) is -0.923. The summed E-state index contributed by atoms with van der Waals surface area (Å²) in [6.07, 6.45) is 3.25. The molecule has 0 amide bonds. The fourth-order valence-corrected chi connectivity index (χ4v) is 2.88. The minimum absolute atomic E-state index is 0.0712. The van der Waals surface area contributed by atoms with Crippen LogP contribution in [0, 0.1) is 13.8 Å². The van der Waals surface area contributed by atoms with Crippen LogP contribution in [-0.4, -0.2) is 32.4 Å². The fraction of sp³-hybridized carbons (Fsp3) is 0.200. The summed E-state index contributed by atoms with van der Waals surface area (Å²) in [5.41, 5.74) is 3.32. The molecule has 0 saturated carbocycles. The number of aryl methyl sites for hydroxylation is 1. The van der Waals surface area contributed by atoms with Crippen molar-refractivity contribution in [3.63, 3.8) is 0 Å². The Balaban J connectivity index is 1.83. The normalized spacial score (nSPS) is 11.8. The molecule has 2 aromatic heterocycles. The molecule has 0 aliphatic carbocycles. The van der Waals surface area contributed by atoms with Gasteiger partial charge in [-0.3, -0.25) is 9.78 Å². The number of para-hydroxylation sites is 1. The van der Waals surface area contributed by atoms with E-state index in [1.165, 1.54) is 18.6 Å². The third-order valence-corrected chi connectivity index (χ3v) is 4.14. The first-order valence-corrected chi connectivity index (χ1v) is 8.24. The molecular weight excluding hydrogens is 330 g/mol. The molecule has 132 valence electrons. The summed E-state index contributed by atoms with van der Waals surface area (Å²) in [7, 11) is 0. The van der Waals surface area contributed by atoms with Gasteiger partial charge in [-0.1, -0.05) is 18.2 Å². The Kier molecular flexibility index (Phi) is 4.93. The van der Waals surface area contributed by atoms with Gasteiger partial charge in [0.1, 0.15) is 0 Å². The Morgan fingerprint density at radius 1 is 1.12 bits per heavy atom. The molecule has 1 atom stereocenters. The van der Waals surface area contributed by atoms with E-state index < -0.39 is 12.1 Å². The Hall–Kier alpha value is -3.28. The Morgan fingerprint density at radius 3 is 2.50 bits per heavy atom. The van der Waals surface area contributed by atoms with E-state index in [2.05, 4.69) is 9.97 Å². The van der Waals surface area contributed by atoms with Gasteiger partial charge in [0.25, 0.3) is 0 Å². The van der Waals surface area contributed by atoms with Crippen molar-refractivity contribution in [2.45, 2.75) is 26.9 Å². The summed E-state index contributed by atoms with van der Waals surface area (Å²) in [6, 6.07) is 11.6. The highest BCUT2D eigenvalue weighted by Crippen LogP contribution is 2.22. The van der Waals surface area contributed by atoms with Gasteiger partial charge in [-0.2, -0.15) is 0 Å². The van der Waals surface area contributed by atoms with Crippen molar-refractivity contribution in [1.29, 1.82) is 0 Å². The van der Waals surface area contributed by atoms with Gasteiger partial charge in [-0.15, -0.1) is 0 Å². The van der Waals surface area contributed by atoms with Gasteiger partial charge in [0.15, 0.2) is 11.8 Å². The third kappa shape index (κ3) is 3.39. The number of carbonyl (C=O) groups is 2. The Labute approximate surface area is 151 Å². The molecule has 0 aliphatic heterocycles. The summed E-state index contributed by atoms with van der Waals surface area (Å²) >= 11 is 0. The van der Waals surface area contributed by atoms with E-state index in [1.807, 2.05) is 54.8 Å². The van der Waals surface area contributed by atoms with Crippen LogP contribution in [-0.2, 0) is 4.74 Å². The van der Waals surface area contributed by atoms with E-state index in [9.17, 15) is 9.59 Å². The summed E-state index contributed by atoms with van der Waals surface area (Å²) in [5, 5.41) is 0. The first-order valence-electron chi connectivity index (χ1n) is 8.24. The lowest BCUT2D eigenvalue weighted by Crippen LogP contribution is -2.25. The first-order chi connectivity index (χ1) is 12.5. The monoisotopic (exact) mass is 349 g/mol.